The summed E-state index contributed by atoms with van der Waals surface area (Å²) in [5.41, 5.74) is -0.404. The van der Waals surface area contributed by atoms with Gasteiger partial charge in [-0.05, 0) is 38.1 Å². The number of nitrogens with zero attached hydrogens (tertiary/aromatic N) is 2. The molecule has 1 fully saturated rings. The highest BCUT2D eigenvalue weighted by Crippen LogP contribution is 2.33. The Morgan fingerprint density at radius 3 is 2.27 bits per heavy atom. The van der Waals surface area contributed by atoms with Crippen molar-refractivity contribution in [2.75, 3.05) is 13.1 Å². The first-order chi connectivity index (χ1) is 10.2. The van der Waals surface area contributed by atoms with E-state index in [1.54, 1.807) is 12.1 Å². The molecule has 9 heteroatoms. The van der Waals surface area contributed by atoms with Crippen LogP contribution in [0.25, 0.3) is 0 Å². The van der Waals surface area contributed by atoms with Crippen LogP contribution in [0.5, 0.6) is 0 Å². The molecule has 0 spiro atoms. The summed E-state index contributed by atoms with van der Waals surface area (Å²) in [6.07, 6.45) is -2.75. The van der Waals surface area contributed by atoms with Crippen molar-refractivity contribution in [2.24, 2.45) is 0 Å². The van der Waals surface area contributed by atoms with Gasteiger partial charge in [-0.1, -0.05) is 0 Å². The number of alkyl halides is 4. The fraction of sp³-hybridized carbons (Fsp3) is 0.462. The van der Waals surface area contributed by atoms with Crippen LogP contribution >= 0.6 is 0 Å². The van der Waals surface area contributed by atoms with Crippen molar-refractivity contribution < 1.29 is 27.5 Å². The molecular formula is C13H13F4N3O2. The van der Waals surface area contributed by atoms with E-state index in [9.17, 15) is 17.6 Å². The van der Waals surface area contributed by atoms with Gasteiger partial charge in [0.25, 0.3) is 0 Å². The van der Waals surface area contributed by atoms with E-state index in [4.69, 9.17) is 15.2 Å². The minimum Gasteiger partial charge on any atom is -0.475 e. The Hall–Kier alpha value is -2.21. The van der Waals surface area contributed by atoms with Crippen molar-refractivity contribution in [3.8, 4) is 6.07 Å². The van der Waals surface area contributed by atoms with Crippen LogP contribution in [0.15, 0.2) is 18.3 Å². The van der Waals surface area contributed by atoms with Gasteiger partial charge in [0.2, 0.25) is 0 Å². The topological polar surface area (TPSA) is 86.0 Å². The zero-order chi connectivity index (χ0) is 16.8. The molecule has 1 aromatic heterocycles. The Balaban J connectivity index is 0.000000295. The van der Waals surface area contributed by atoms with Crippen LogP contribution in [0.4, 0.5) is 17.6 Å². The molecule has 0 aromatic carbocycles. The third-order valence-electron chi connectivity index (χ3n) is 2.99. The lowest BCUT2D eigenvalue weighted by Gasteiger charge is -2.29. The number of pyridine rings is 1. The highest BCUT2D eigenvalue weighted by molar-refractivity contribution is 5.73. The summed E-state index contributed by atoms with van der Waals surface area (Å²) in [6.45, 7) is 1.36. The Bertz CT molecular complexity index is 546. The predicted molar refractivity (Wildman–Crippen MR) is 67.5 cm³/mol. The standard InChI is InChI=1S/C11H12FN3.C2HF3O2/c12-11(3-5-14-6-4-11)10-2-1-9(7-13)8-15-10;3-2(4,5)1(6)7/h1-2,8,14H,3-6H2;(H,6,7). The monoisotopic (exact) mass is 319 g/mol. The summed E-state index contributed by atoms with van der Waals surface area (Å²) in [5.74, 6) is -2.76. The van der Waals surface area contributed by atoms with Crippen molar-refractivity contribution >= 4 is 5.97 Å². The van der Waals surface area contributed by atoms with Crippen molar-refractivity contribution in [1.82, 2.24) is 10.3 Å². The van der Waals surface area contributed by atoms with Crippen molar-refractivity contribution in [1.29, 1.82) is 5.26 Å². The van der Waals surface area contributed by atoms with Crippen LogP contribution in [0.2, 0.25) is 0 Å². The molecule has 120 valence electrons. The fourth-order valence-corrected chi connectivity index (χ4v) is 1.80. The van der Waals surface area contributed by atoms with Crippen LogP contribution in [0, 0.1) is 11.3 Å². The molecule has 1 aliphatic rings. The van der Waals surface area contributed by atoms with Crippen LogP contribution in [-0.2, 0) is 10.5 Å². The van der Waals surface area contributed by atoms with Gasteiger partial charge in [-0.3, -0.25) is 4.98 Å². The lowest BCUT2D eigenvalue weighted by atomic mass is 9.90. The molecule has 0 aliphatic carbocycles. The largest absolute Gasteiger partial charge is 0.490 e. The molecule has 0 atom stereocenters. The number of carboxylic acids is 1. The quantitative estimate of drug-likeness (QED) is 0.775. The van der Waals surface area contributed by atoms with Gasteiger partial charge in [-0.15, -0.1) is 0 Å². The maximum Gasteiger partial charge on any atom is 0.490 e. The molecule has 0 saturated carbocycles. The minimum absolute atomic E-state index is 0.447. The molecule has 0 amide bonds. The first kappa shape index (κ1) is 17.8. The molecule has 5 nitrogen and oxygen atoms in total. The molecule has 0 unspecified atom stereocenters. The molecule has 22 heavy (non-hydrogen) atoms. The number of hydrogen-bond donors (Lipinski definition) is 2. The van der Waals surface area contributed by atoms with Gasteiger partial charge in [0, 0.05) is 6.20 Å². The highest BCUT2D eigenvalue weighted by atomic mass is 19.4. The Labute approximate surface area is 123 Å². The fourth-order valence-electron chi connectivity index (χ4n) is 1.80. The zero-order valence-electron chi connectivity index (χ0n) is 11.3. The Kier molecular flexibility index (Phi) is 5.82. The number of piperidine rings is 1. The average molecular weight is 319 g/mol. The number of aromatic nitrogens is 1. The molecule has 1 aliphatic heterocycles. The van der Waals surface area contributed by atoms with Gasteiger partial charge in [-0.25, -0.2) is 9.18 Å². The summed E-state index contributed by atoms with van der Waals surface area (Å²) in [7, 11) is 0. The molecule has 2 heterocycles. The number of rotatable bonds is 1. The van der Waals surface area contributed by atoms with Gasteiger partial charge < -0.3 is 10.4 Å². The second-order valence-corrected chi connectivity index (χ2v) is 4.56. The van der Waals surface area contributed by atoms with E-state index in [0.29, 0.717) is 37.2 Å². The second kappa shape index (κ2) is 7.17. The van der Waals surface area contributed by atoms with E-state index in [1.165, 1.54) is 6.20 Å². The molecule has 2 N–H and O–H groups in total. The number of carbonyl (C=O) groups is 1. The third kappa shape index (κ3) is 4.96. The van der Waals surface area contributed by atoms with E-state index in [-0.39, 0.29) is 0 Å². The maximum absolute atomic E-state index is 14.4. The van der Waals surface area contributed by atoms with E-state index < -0.39 is 17.8 Å². The van der Waals surface area contributed by atoms with Crippen LogP contribution in [-0.4, -0.2) is 35.3 Å². The first-order valence-electron chi connectivity index (χ1n) is 6.25. The molecule has 2 rings (SSSR count). The Morgan fingerprint density at radius 2 is 1.91 bits per heavy atom. The summed E-state index contributed by atoms with van der Waals surface area (Å²) in [6, 6.07) is 5.20. The highest BCUT2D eigenvalue weighted by Gasteiger charge is 2.38. The van der Waals surface area contributed by atoms with E-state index in [2.05, 4.69) is 10.3 Å². The summed E-state index contributed by atoms with van der Waals surface area (Å²) < 4.78 is 46.1. The van der Waals surface area contributed by atoms with Gasteiger partial charge in [0.15, 0.2) is 5.67 Å². The number of carboxylic acid groups (broad SMARTS) is 1. The molecule has 1 aromatic rings. The lowest BCUT2D eigenvalue weighted by molar-refractivity contribution is -0.192. The van der Waals surface area contributed by atoms with E-state index >= 15 is 0 Å². The van der Waals surface area contributed by atoms with Gasteiger partial charge >= 0.3 is 12.1 Å². The summed E-state index contributed by atoms with van der Waals surface area (Å²) in [4.78, 5) is 12.9. The smallest absolute Gasteiger partial charge is 0.475 e. The van der Waals surface area contributed by atoms with Crippen LogP contribution in [0.1, 0.15) is 24.1 Å². The Morgan fingerprint density at radius 1 is 1.36 bits per heavy atom. The number of nitriles is 1. The van der Waals surface area contributed by atoms with Gasteiger partial charge in [0.05, 0.1) is 11.3 Å². The van der Waals surface area contributed by atoms with Gasteiger partial charge in [-0.2, -0.15) is 18.4 Å². The van der Waals surface area contributed by atoms with Gasteiger partial charge in [0.1, 0.15) is 6.07 Å². The molecular weight excluding hydrogens is 306 g/mol. The number of hydrogen-bond acceptors (Lipinski definition) is 4. The van der Waals surface area contributed by atoms with Crippen molar-refractivity contribution in [3.05, 3.63) is 29.6 Å². The van der Waals surface area contributed by atoms with E-state index in [0.717, 1.165) is 0 Å². The third-order valence-corrected chi connectivity index (χ3v) is 2.99. The van der Waals surface area contributed by atoms with Crippen LogP contribution in [0.3, 0.4) is 0 Å². The molecule has 1 saturated heterocycles. The summed E-state index contributed by atoms with van der Waals surface area (Å²) in [5, 5.41) is 18.8. The predicted octanol–water partition coefficient (Wildman–Crippen LogP) is 2.13. The zero-order valence-corrected chi connectivity index (χ0v) is 11.3. The number of aliphatic carboxylic acids is 1. The normalized spacial score (nSPS) is 16.9. The van der Waals surface area contributed by atoms with Crippen molar-refractivity contribution in [3.63, 3.8) is 0 Å². The lowest BCUT2D eigenvalue weighted by Crippen LogP contribution is -2.37. The second-order valence-electron chi connectivity index (χ2n) is 4.56. The van der Waals surface area contributed by atoms with E-state index in [1.807, 2.05) is 6.07 Å². The minimum atomic E-state index is -5.08. The molecule has 0 bridgehead atoms. The number of halogens is 4. The first-order valence-corrected chi connectivity index (χ1v) is 6.25. The van der Waals surface area contributed by atoms with Crippen molar-refractivity contribution in [2.45, 2.75) is 24.7 Å². The summed E-state index contributed by atoms with van der Waals surface area (Å²) >= 11 is 0. The average Bonchev–Trinajstić information content (AvgIpc) is 2.48. The van der Waals surface area contributed by atoms with Crippen LogP contribution < -0.4 is 5.32 Å². The SMILES string of the molecule is N#Cc1ccc(C2(F)CCNCC2)nc1.O=C(O)C(F)(F)F. The number of nitrogens with one attached hydrogen (secondary N) is 1. The maximum atomic E-state index is 14.4. The molecule has 0 radical (unpaired) electrons.